The van der Waals surface area contributed by atoms with Crippen LogP contribution in [0.4, 0.5) is 8.78 Å². The second kappa shape index (κ2) is 4.27. The largest absolute Gasteiger partial charge is 0.330 e. The number of benzene rings is 1. The van der Waals surface area contributed by atoms with Crippen molar-refractivity contribution in [2.75, 3.05) is 6.54 Å². The van der Waals surface area contributed by atoms with Gasteiger partial charge in [0.05, 0.1) is 0 Å². The van der Waals surface area contributed by atoms with Crippen molar-refractivity contribution in [2.24, 2.45) is 11.7 Å². The maximum absolute atomic E-state index is 13.6. The molecule has 1 atom stereocenters. The van der Waals surface area contributed by atoms with Crippen LogP contribution in [0.3, 0.4) is 0 Å². The third-order valence-electron chi connectivity index (χ3n) is 3.23. The Morgan fingerprint density at radius 1 is 1.27 bits per heavy atom. The minimum Gasteiger partial charge on any atom is -0.330 e. The van der Waals surface area contributed by atoms with Gasteiger partial charge in [-0.1, -0.05) is 26.8 Å². The van der Waals surface area contributed by atoms with Gasteiger partial charge in [0.15, 0.2) is 0 Å². The topological polar surface area (TPSA) is 26.0 Å². The van der Waals surface area contributed by atoms with Crippen LogP contribution < -0.4 is 5.73 Å². The molecule has 1 rings (SSSR count). The lowest BCUT2D eigenvalue weighted by Crippen LogP contribution is -2.38. The van der Waals surface area contributed by atoms with Crippen LogP contribution in [0.1, 0.15) is 26.3 Å². The van der Waals surface area contributed by atoms with E-state index in [0.717, 1.165) is 0 Å². The van der Waals surface area contributed by atoms with E-state index in [1.54, 1.807) is 6.92 Å². The van der Waals surface area contributed by atoms with E-state index in [0.29, 0.717) is 0 Å². The summed E-state index contributed by atoms with van der Waals surface area (Å²) in [6.07, 6.45) is 0. The molecule has 15 heavy (non-hydrogen) atoms. The van der Waals surface area contributed by atoms with Crippen LogP contribution in [0.2, 0.25) is 0 Å². The lowest BCUT2D eigenvalue weighted by Gasteiger charge is -2.33. The van der Waals surface area contributed by atoms with Crippen LogP contribution in [0.25, 0.3) is 0 Å². The standard InChI is InChI=1S/C12H17F2N/c1-8(2)12(3,7-15)11-9(13)5-4-6-10(11)14/h4-6,8H,7,15H2,1-3H3. The summed E-state index contributed by atoms with van der Waals surface area (Å²) in [6, 6.07) is 3.91. The first-order valence-electron chi connectivity index (χ1n) is 5.08. The van der Waals surface area contributed by atoms with Crippen molar-refractivity contribution in [1.82, 2.24) is 0 Å². The van der Waals surface area contributed by atoms with Crippen LogP contribution in [-0.4, -0.2) is 6.54 Å². The fraction of sp³-hybridized carbons (Fsp3) is 0.500. The molecule has 0 fully saturated rings. The molecule has 2 N–H and O–H groups in total. The van der Waals surface area contributed by atoms with Gasteiger partial charge < -0.3 is 5.73 Å². The van der Waals surface area contributed by atoms with Gasteiger partial charge in [-0.05, 0) is 18.1 Å². The highest BCUT2D eigenvalue weighted by Crippen LogP contribution is 2.34. The van der Waals surface area contributed by atoms with Crippen LogP contribution in [-0.2, 0) is 5.41 Å². The number of hydrogen-bond acceptors (Lipinski definition) is 1. The molecule has 0 aliphatic rings. The average molecular weight is 213 g/mol. The summed E-state index contributed by atoms with van der Waals surface area (Å²) in [5.41, 5.74) is 5.09. The highest BCUT2D eigenvalue weighted by atomic mass is 19.1. The second-order valence-electron chi connectivity index (χ2n) is 4.37. The summed E-state index contributed by atoms with van der Waals surface area (Å²) in [5, 5.41) is 0. The van der Waals surface area contributed by atoms with Crippen molar-refractivity contribution in [3.8, 4) is 0 Å². The first-order valence-corrected chi connectivity index (χ1v) is 5.08. The zero-order chi connectivity index (χ0) is 11.6. The molecular formula is C12H17F2N. The molecule has 1 nitrogen and oxygen atoms in total. The van der Waals surface area contributed by atoms with E-state index in [-0.39, 0.29) is 18.0 Å². The first kappa shape index (κ1) is 12.1. The molecule has 0 aliphatic carbocycles. The Morgan fingerprint density at radius 3 is 2.07 bits per heavy atom. The smallest absolute Gasteiger partial charge is 0.129 e. The molecule has 3 heteroatoms. The highest BCUT2D eigenvalue weighted by Gasteiger charge is 2.34. The first-order chi connectivity index (χ1) is 6.93. The summed E-state index contributed by atoms with van der Waals surface area (Å²) >= 11 is 0. The highest BCUT2D eigenvalue weighted by molar-refractivity contribution is 5.29. The maximum Gasteiger partial charge on any atom is 0.129 e. The minimum absolute atomic E-state index is 0.0777. The van der Waals surface area contributed by atoms with E-state index in [4.69, 9.17) is 5.73 Å². The van der Waals surface area contributed by atoms with Gasteiger partial charge >= 0.3 is 0 Å². The van der Waals surface area contributed by atoms with Gasteiger partial charge in [0.2, 0.25) is 0 Å². The third-order valence-corrected chi connectivity index (χ3v) is 3.23. The van der Waals surface area contributed by atoms with Gasteiger partial charge in [0, 0.05) is 17.5 Å². The average Bonchev–Trinajstić information content (AvgIpc) is 2.16. The van der Waals surface area contributed by atoms with Crippen LogP contribution >= 0.6 is 0 Å². The van der Waals surface area contributed by atoms with Crippen molar-refractivity contribution in [2.45, 2.75) is 26.2 Å². The number of nitrogens with two attached hydrogens (primary N) is 1. The predicted molar refractivity (Wildman–Crippen MR) is 57.6 cm³/mol. The Bertz CT molecular complexity index is 329. The molecule has 0 aromatic heterocycles. The number of halogens is 2. The zero-order valence-electron chi connectivity index (χ0n) is 9.35. The van der Waals surface area contributed by atoms with E-state index in [1.807, 2.05) is 13.8 Å². The van der Waals surface area contributed by atoms with Gasteiger partial charge in [-0.3, -0.25) is 0 Å². The van der Waals surface area contributed by atoms with Gasteiger partial charge in [0.25, 0.3) is 0 Å². The molecule has 0 bridgehead atoms. The lowest BCUT2D eigenvalue weighted by atomic mass is 9.73. The Hall–Kier alpha value is -0.960. The van der Waals surface area contributed by atoms with E-state index >= 15 is 0 Å². The van der Waals surface area contributed by atoms with Crippen LogP contribution in [0.5, 0.6) is 0 Å². The zero-order valence-corrected chi connectivity index (χ0v) is 9.35. The molecule has 1 aromatic carbocycles. The lowest BCUT2D eigenvalue weighted by molar-refractivity contribution is 0.320. The monoisotopic (exact) mass is 213 g/mol. The van der Waals surface area contributed by atoms with E-state index in [2.05, 4.69) is 0 Å². The SMILES string of the molecule is CC(C)C(C)(CN)c1c(F)cccc1F. The van der Waals surface area contributed by atoms with Crippen molar-refractivity contribution in [1.29, 1.82) is 0 Å². The van der Waals surface area contributed by atoms with Crippen LogP contribution in [0, 0.1) is 17.6 Å². The molecule has 0 radical (unpaired) electrons. The molecule has 0 heterocycles. The Balaban J connectivity index is 3.35. The summed E-state index contributed by atoms with van der Waals surface area (Å²) in [5.74, 6) is -0.956. The molecule has 0 saturated heterocycles. The minimum atomic E-state index is -0.657. The summed E-state index contributed by atoms with van der Waals surface area (Å²) in [7, 11) is 0. The van der Waals surface area contributed by atoms with Gasteiger partial charge in [0.1, 0.15) is 11.6 Å². The fourth-order valence-corrected chi connectivity index (χ4v) is 1.67. The van der Waals surface area contributed by atoms with Crippen LogP contribution in [0.15, 0.2) is 18.2 Å². The summed E-state index contributed by atoms with van der Waals surface area (Å²) in [4.78, 5) is 0. The predicted octanol–water partition coefficient (Wildman–Crippen LogP) is 2.84. The molecule has 1 aromatic rings. The molecule has 0 spiro atoms. The molecule has 84 valence electrons. The van der Waals surface area contributed by atoms with Crippen molar-refractivity contribution >= 4 is 0 Å². The molecule has 0 amide bonds. The number of rotatable bonds is 3. The third kappa shape index (κ3) is 2.02. The maximum atomic E-state index is 13.6. The van der Waals surface area contributed by atoms with Gasteiger partial charge in [-0.25, -0.2) is 8.78 Å². The van der Waals surface area contributed by atoms with Crippen molar-refractivity contribution < 1.29 is 8.78 Å². The molecule has 1 unspecified atom stereocenters. The molecular weight excluding hydrogens is 196 g/mol. The fourth-order valence-electron chi connectivity index (χ4n) is 1.67. The number of hydrogen-bond donors (Lipinski definition) is 1. The molecule has 0 saturated carbocycles. The second-order valence-corrected chi connectivity index (χ2v) is 4.37. The quantitative estimate of drug-likeness (QED) is 0.821. The summed E-state index contributed by atoms with van der Waals surface area (Å²) < 4.78 is 27.2. The normalized spacial score (nSPS) is 15.4. The van der Waals surface area contributed by atoms with E-state index in [9.17, 15) is 8.78 Å². The Labute approximate surface area is 89.3 Å². The van der Waals surface area contributed by atoms with E-state index in [1.165, 1.54) is 18.2 Å². The van der Waals surface area contributed by atoms with Crippen molar-refractivity contribution in [3.05, 3.63) is 35.4 Å². The van der Waals surface area contributed by atoms with Gasteiger partial charge in [-0.2, -0.15) is 0 Å². The Kier molecular flexibility index (Phi) is 3.45. The van der Waals surface area contributed by atoms with E-state index < -0.39 is 17.0 Å². The summed E-state index contributed by atoms with van der Waals surface area (Å²) in [6.45, 7) is 5.85. The van der Waals surface area contributed by atoms with Gasteiger partial charge in [-0.15, -0.1) is 0 Å². The van der Waals surface area contributed by atoms with Crippen molar-refractivity contribution in [3.63, 3.8) is 0 Å². The molecule has 0 aliphatic heterocycles. The Morgan fingerprint density at radius 2 is 1.73 bits per heavy atom.